The Kier molecular flexibility index (Phi) is 4.69. The van der Waals surface area contributed by atoms with Gasteiger partial charge >= 0.3 is 0 Å². The largest absolute Gasteiger partial charge is 0.355 e. The minimum Gasteiger partial charge on any atom is -0.355 e. The normalized spacial score (nSPS) is 15.5. The average Bonchev–Trinajstić information content (AvgIpc) is 3.23. The number of anilines is 1. The summed E-state index contributed by atoms with van der Waals surface area (Å²) in [6, 6.07) is 13.5. The number of benzene rings is 2. The van der Waals surface area contributed by atoms with Crippen molar-refractivity contribution in [2.45, 2.75) is 23.0 Å². The molecule has 1 aromatic heterocycles. The van der Waals surface area contributed by atoms with E-state index in [0.717, 1.165) is 38.1 Å². The fraction of sp³-hybridized carbons (Fsp3) is 0.250. The van der Waals surface area contributed by atoms with Gasteiger partial charge in [-0.25, -0.2) is 22.8 Å². The molecule has 142 valence electrons. The molecule has 1 aliphatic heterocycles. The van der Waals surface area contributed by atoms with E-state index in [1.807, 2.05) is 23.1 Å². The Bertz CT molecular complexity index is 1170. The van der Waals surface area contributed by atoms with Gasteiger partial charge in [-0.3, -0.25) is 0 Å². The number of hydrogen-bond acceptors (Lipinski definition) is 6. The molecular weight excluding hydrogens is 379 g/mol. The first-order chi connectivity index (χ1) is 13.5. The summed E-state index contributed by atoms with van der Waals surface area (Å²) < 4.78 is 39.5. The molecule has 3 aromatic rings. The van der Waals surface area contributed by atoms with Crippen LogP contribution in [-0.4, -0.2) is 31.5 Å². The maximum Gasteiger partial charge on any atom is 0.200 e. The van der Waals surface area contributed by atoms with E-state index >= 15 is 0 Å². The van der Waals surface area contributed by atoms with Gasteiger partial charge in [-0.15, -0.1) is 0 Å². The molecule has 0 amide bonds. The van der Waals surface area contributed by atoms with Crippen LogP contribution in [-0.2, 0) is 9.84 Å². The van der Waals surface area contributed by atoms with E-state index in [2.05, 4.69) is 9.97 Å². The van der Waals surface area contributed by atoms with Crippen molar-refractivity contribution in [1.82, 2.24) is 9.97 Å². The molecule has 1 atom stereocenters. The summed E-state index contributed by atoms with van der Waals surface area (Å²) in [5.74, 6) is -0.121. The van der Waals surface area contributed by atoms with Gasteiger partial charge in [0.25, 0.3) is 0 Å². The minimum atomic E-state index is -4.10. The van der Waals surface area contributed by atoms with Crippen molar-refractivity contribution in [3.05, 3.63) is 60.0 Å². The maximum absolute atomic E-state index is 13.2. The van der Waals surface area contributed by atoms with Crippen LogP contribution >= 0.6 is 0 Å². The van der Waals surface area contributed by atoms with Crippen molar-refractivity contribution in [2.75, 3.05) is 18.0 Å². The van der Waals surface area contributed by atoms with E-state index in [-0.39, 0.29) is 10.6 Å². The molecule has 0 spiro atoms. The molecule has 1 fully saturated rings. The van der Waals surface area contributed by atoms with E-state index < -0.39 is 20.9 Å². The summed E-state index contributed by atoms with van der Waals surface area (Å²) >= 11 is 0. The summed E-state index contributed by atoms with van der Waals surface area (Å²) in [7, 11) is -4.10. The molecule has 8 heteroatoms. The van der Waals surface area contributed by atoms with Crippen LogP contribution < -0.4 is 4.90 Å². The topological polar surface area (TPSA) is 86.9 Å². The number of rotatable bonds is 4. The summed E-state index contributed by atoms with van der Waals surface area (Å²) in [6.45, 7) is 1.46. The van der Waals surface area contributed by atoms with Crippen LogP contribution in [0, 0.1) is 17.1 Å². The predicted molar refractivity (Wildman–Crippen MR) is 103 cm³/mol. The van der Waals surface area contributed by atoms with Gasteiger partial charge in [0.2, 0.25) is 9.84 Å². The van der Waals surface area contributed by atoms with Gasteiger partial charge in [-0.1, -0.05) is 12.1 Å². The maximum atomic E-state index is 13.2. The molecule has 2 heterocycles. The van der Waals surface area contributed by atoms with Crippen molar-refractivity contribution >= 4 is 26.7 Å². The van der Waals surface area contributed by atoms with E-state index in [1.54, 1.807) is 12.1 Å². The number of sulfone groups is 1. The lowest BCUT2D eigenvalue weighted by atomic mass is 10.2. The number of para-hydroxylation sites is 2. The Morgan fingerprint density at radius 2 is 1.61 bits per heavy atom. The highest BCUT2D eigenvalue weighted by Crippen LogP contribution is 2.35. The Labute approximate surface area is 162 Å². The summed E-state index contributed by atoms with van der Waals surface area (Å²) in [6.07, 6.45) is 1.94. The first-order valence-electron chi connectivity index (χ1n) is 8.91. The smallest absolute Gasteiger partial charge is 0.200 e. The number of nitriles is 1. The van der Waals surface area contributed by atoms with Crippen LogP contribution in [0.2, 0.25) is 0 Å². The number of hydrogen-bond donors (Lipinski definition) is 0. The van der Waals surface area contributed by atoms with Gasteiger partial charge in [-0.05, 0) is 49.2 Å². The molecule has 1 aliphatic rings. The number of halogens is 1. The molecule has 0 bridgehead atoms. The Morgan fingerprint density at radius 3 is 2.21 bits per heavy atom. The lowest BCUT2D eigenvalue weighted by Gasteiger charge is -2.22. The lowest BCUT2D eigenvalue weighted by molar-refractivity contribution is 0.589. The zero-order valence-electron chi connectivity index (χ0n) is 14.9. The van der Waals surface area contributed by atoms with Crippen LogP contribution in [0.4, 0.5) is 10.2 Å². The zero-order chi connectivity index (χ0) is 19.7. The Hall–Kier alpha value is -3.05. The van der Waals surface area contributed by atoms with Gasteiger partial charge in [0.15, 0.2) is 11.1 Å². The quantitative estimate of drug-likeness (QED) is 0.628. The third kappa shape index (κ3) is 3.18. The summed E-state index contributed by atoms with van der Waals surface area (Å²) in [5.41, 5.74) is 1.28. The Balaban J connectivity index is 1.90. The third-order valence-corrected chi connectivity index (χ3v) is 6.68. The van der Waals surface area contributed by atoms with Crippen molar-refractivity contribution < 1.29 is 12.8 Å². The van der Waals surface area contributed by atoms with Gasteiger partial charge in [0, 0.05) is 13.1 Å². The first kappa shape index (κ1) is 18.3. The zero-order valence-corrected chi connectivity index (χ0v) is 15.7. The molecule has 6 nitrogen and oxygen atoms in total. The van der Waals surface area contributed by atoms with E-state index in [0.29, 0.717) is 16.9 Å². The Morgan fingerprint density at radius 1 is 1.00 bits per heavy atom. The van der Waals surface area contributed by atoms with Crippen molar-refractivity contribution in [3.8, 4) is 6.07 Å². The van der Waals surface area contributed by atoms with Gasteiger partial charge in [0.1, 0.15) is 11.5 Å². The SMILES string of the molecule is N#CC(c1nc2ccccc2nc1N1CCCC1)S(=O)(=O)c1ccc(F)cc1. The van der Waals surface area contributed by atoms with Crippen molar-refractivity contribution in [3.63, 3.8) is 0 Å². The summed E-state index contributed by atoms with van der Waals surface area (Å²) in [4.78, 5) is 11.0. The van der Waals surface area contributed by atoms with Crippen molar-refractivity contribution in [1.29, 1.82) is 5.26 Å². The van der Waals surface area contributed by atoms with Crippen molar-refractivity contribution in [2.24, 2.45) is 0 Å². The van der Waals surface area contributed by atoms with Crippen LogP contribution in [0.5, 0.6) is 0 Å². The fourth-order valence-corrected chi connectivity index (χ4v) is 4.76. The fourth-order valence-electron chi connectivity index (χ4n) is 3.38. The standard InChI is InChI=1S/C20H17FN4O2S/c21-14-7-9-15(10-8-14)28(26,27)18(13-22)19-20(25-11-3-4-12-25)24-17-6-2-1-5-16(17)23-19/h1-2,5-10,18H,3-4,11-12H2. The molecule has 28 heavy (non-hydrogen) atoms. The van der Waals surface area contributed by atoms with Crippen LogP contribution in [0.15, 0.2) is 53.4 Å². The second-order valence-corrected chi connectivity index (χ2v) is 8.66. The molecule has 0 saturated carbocycles. The predicted octanol–water partition coefficient (Wildman–Crippen LogP) is 3.41. The number of fused-ring (bicyclic) bond motifs is 1. The minimum absolute atomic E-state index is 0.118. The second kappa shape index (κ2) is 7.17. The van der Waals surface area contributed by atoms with E-state index in [4.69, 9.17) is 0 Å². The average molecular weight is 396 g/mol. The first-order valence-corrected chi connectivity index (χ1v) is 10.5. The van der Waals surface area contributed by atoms with Crippen LogP contribution in [0.1, 0.15) is 23.8 Å². The van der Waals surface area contributed by atoms with Gasteiger partial charge in [-0.2, -0.15) is 5.26 Å². The molecule has 1 unspecified atom stereocenters. The van der Waals surface area contributed by atoms with Gasteiger partial charge < -0.3 is 4.90 Å². The van der Waals surface area contributed by atoms with E-state index in [9.17, 15) is 18.1 Å². The molecule has 0 N–H and O–H groups in total. The third-order valence-electron chi connectivity index (χ3n) is 4.80. The highest BCUT2D eigenvalue weighted by atomic mass is 32.2. The molecule has 0 radical (unpaired) electrons. The van der Waals surface area contributed by atoms with Crippen LogP contribution in [0.3, 0.4) is 0 Å². The molecule has 2 aromatic carbocycles. The number of nitrogens with zero attached hydrogens (tertiary/aromatic N) is 4. The highest BCUT2D eigenvalue weighted by molar-refractivity contribution is 7.92. The lowest BCUT2D eigenvalue weighted by Crippen LogP contribution is -2.24. The van der Waals surface area contributed by atoms with Gasteiger partial charge in [0.05, 0.1) is 22.0 Å². The van der Waals surface area contributed by atoms with E-state index in [1.165, 1.54) is 12.1 Å². The molecule has 1 saturated heterocycles. The second-order valence-electron chi connectivity index (χ2n) is 6.62. The molecule has 4 rings (SSSR count). The molecular formula is C20H17FN4O2S. The van der Waals surface area contributed by atoms with Crippen LogP contribution in [0.25, 0.3) is 11.0 Å². The molecule has 0 aliphatic carbocycles. The number of aromatic nitrogens is 2. The summed E-state index contributed by atoms with van der Waals surface area (Å²) in [5, 5.41) is 8.24. The highest BCUT2D eigenvalue weighted by Gasteiger charge is 2.35. The monoisotopic (exact) mass is 396 g/mol.